The van der Waals surface area contributed by atoms with Gasteiger partial charge in [-0.15, -0.1) is 0 Å². The van der Waals surface area contributed by atoms with Crippen LogP contribution in [0.25, 0.3) is 0 Å². The van der Waals surface area contributed by atoms with E-state index in [2.05, 4.69) is 0 Å². The SMILES string of the molecule is O=C(O)CN1CCCCOP1(=O)c1ccc(Oc2ccc(Cl)cc2)cc1. The highest BCUT2D eigenvalue weighted by atomic mass is 35.5. The Bertz CT molecular complexity index is 809. The summed E-state index contributed by atoms with van der Waals surface area (Å²) in [6.45, 7) is 0.448. The van der Waals surface area contributed by atoms with E-state index in [1.165, 1.54) is 4.67 Å². The Morgan fingerprint density at radius 3 is 2.35 bits per heavy atom. The van der Waals surface area contributed by atoms with E-state index >= 15 is 0 Å². The van der Waals surface area contributed by atoms with Crippen LogP contribution in [0, 0.1) is 0 Å². The molecular weight excluding hydrogens is 377 g/mol. The van der Waals surface area contributed by atoms with Crippen molar-refractivity contribution in [3.05, 3.63) is 53.6 Å². The van der Waals surface area contributed by atoms with E-state index in [4.69, 9.17) is 26.0 Å². The zero-order valence-corrected chi connectivity index (χ0v) is 15.7. The van der Waals surface area contributed by atoms with Crippen LogP contribution in [0.1, 0.15) is 12.8 Å². The van der Waals surface area contributed by atoms with Crippen molar-refractivity contribution in [2.45, 2.75) is 12.8 Å². The molecule has 0 bridgehead atoms. The Hall–Kier alpha value is -1.85. The maximum Gasteiger partial charge on any atom is 0.318 e. The van der Waals surface area contributed by atoms with Gasteiger partial charge in [-0.1, -0.05) is 11.6 Å². The van der Waals surface area contributed by atoms with Gasteiger partial charge in [0.1, 0.15) is 18.0 Å². The minimum Gasteiger partial charge on any atom is -0.480 e. The number of aliphatic carboxylic acids is 1. The highest BCUT2D eigenvalue weighted by Gasteiger charge is 2.36. The summed E-state index contributed by atoms with van der Waals surface area (Å²) in [5, 5.41) is 10.2. The Balaban J connectivity index is 1.81. The van der Waals surface area contributed by atoms with E-state index in [0.717, 1.165) is 12.8 Å². The number of carboxylic acid groups (broad SMARTS) is 1. The summed E-state index contributed by atoms with van der Waals surface area (Å²) in [6, 6.07) is 13.7. The molecule has 1 atom stereocenters. The standard InChI is InChI=1S/C18H19ClNO5P/c19-14-3-5-15(6-4-14)25-16-7-9-17(10-8-16)26(23)20(13-18(21)22)11-1-2-12-24-26/h3-10H,1-2,11-13H2,(H,21,22). The molecule has 0 radical (unpaired) electrons. The highest BCUT2D eigenvalue weighted by Crippen LogP contribution is 2.51. The molecule has 2 aromatic carbocycles. The molecule has 1 N–H and O–H groups in total. The molecular formula is C18H19ClNO5P. The number of hydrogen-bond acceptors (Lipinski definition) is 4. The second-order valence-corrected chi connectivity index (χ2v) is 8.71. The fraction of sp³-hybridized carbons (Fsp3) is 0.278. The number of nitrogens with zero attached hydrogens (tertiary/aromatic N) is 1. The molecule has 2 aromatic rings. The molecule has 1 saturated heterocycles. The van der Waals surface area contributed by atoms with Gasteiger partial charge in [0.25, 0.3) is 0 Å². The first kappa shape index (κ1) is 18.9. The van der Waals surface area contributed by atoms with Crippen molar-refractivity contribution in [1.29, 1.82) is 0 Å². The van der Waals surface area contributed by atoms with Crippen molar-refractivity contribution in [3.8, 4) is 11.5 Å². The summed E-state index contributed by atoms with van der Waals surface area (Å²) < 4.78 is 26.2. The number of benzene rings is 2. The van der Waals surface area contributed by atoms with Gasteiger partial charge in [0, 0.05) is 11.6 Å². The monoisotopic (exact) mass is 395 g/mol. The number of hydrogen-bond donors (Lipinski definition) is 1. The van der Waals surface area contributed by atoms with Gasteiger partial charge in [0.05, 0.1) is 11.9 Å². The summed E-state index contributed by atoms with van der Waals surface area (Å²) in [7, 11) is -3.40. The number of carbonyl (C=O) groups is 1. The van der Waals surface area contributed by atoms with Crippen LogP contribution >= 0.6 is 19.1 Å². The van der Waals surface area contributed by atoms with E-state index < -0.39 is 13.5 Å². The lowest BCUT2D eigenvalue weighted by Crippen LogP contribution is -2.31. The Morgan fingerprint density at radius 1 is 1.12 bits per heavy atom. The number of ether oxygens (including phenoxy) is 1. The molecule has 0 aliphatic carbocycles. The Morgan fingerprint density at radius 2 is 1.73 bits per heavy atom. The zero-order chi connectivity index (χ0) is 18.6. The van der Waals surface area contributed by atoms with Crippen molar-refractivity contribution < 1.29 is 23.7 Å². The first-order valence-electron chi connectivity index (χ1n) is 8.23. The molecule has 1 heterocycles. The van der Waals surface area contributed by atoms with Crippen LogP contribution in [-0.2, 0) is 13.9 Å². The fourth-order valence-corrected chi connectivity index (χ4v) is 5.08. The predicted octanol–water partition coefficient (Wildman–Crippen LogP) is 4.15. The van der Waals surface area contributed by atoms with Crippen molar-refractivity contribution >= 4 is 30.4 Å². The van der Waals surface area contributed by atoms with E-state index in [-0.39, 0.29) is 6.54 Å². The summed E-state index contributed by atoms with van der Waals surface area (Å²) >= 11 is 5.85. The molecule has 6 nitrogen and oxygen atoms in total. The molecule has 1 fully saturated rings. The normalized spacial score (nSPS) is 21.1. The van der Waals surface area contributed by atoms with Gasteiger partial charge in [-0.05, 0) is 61.4 Å². The third-order valence-electron chi connectivity index (χ3n) is 3.98. The third kappa shape index (κ3) is 4.46. The van der Waals surface area contributed by atoms with Gasteiger partial charge in [0.2, 0.25) is 0 Å². The molecule has 8 heteroatoms. The first-order chi connectivity index (χ1) is 12.5. The summed E-state index contributed by atoms with van der Waals surface area (Å²) in [5.74, 6) is 0.174. The smallest absolute Gasteiger partial charge is 0.318 e. The van der Waals surface area contributed by atoms with Crippen LogP contribution in [0.15, 0.2) is 48.5 Å². The Kier molecular flexibility index (Phi) is 5.99. The molecule has 138 valence electrons. The molecule has 0 amide bonds. The minimum absolute atomic E-state index is 0.319. The highest BCUT2D eigenvalue weighted by molar-refractivity contribution is 7.64. The third-order valence-corrected chi connectivity index (χ3v) is 6.80. The average molecular weight is 396 g/mol. The molecule has 1 unspecified atom stereocenters. The largest absolute Gasteiger partial charge is 0.480 e. The van der Waals surface area contributed by atoms with E-state index in [0.29, 0.717) is 35.0 Å². The number of halogens is 1. The molecule has 0 spiro atoms. The molecule has 1 aliphatic rings. The van der Waals surface area contributed by atoms with Gasteiger partial charge < -0.3 is 14.4 Å². The lowest BCUT2D eigenvalue weighted by atomic mass is 10.3. The topological polar surface area (TPSA) is 76.1 Å². The fourth-order valence-electron chi connectivity index (χ4n) is 2.71. The van der Waals surface area contributed by atoms with Crippen molar-refractivity contribution in [2.75, 3.05) is 19.7 Å². The van der Waals surface area contributed by atoms with Crippen molar-refractivity contribution in [1.82, 2.24) is 4.67 Å². The van der Waals surface area contributed by atoms with Crippen LogP contribution in [0.2, 0.25) is 5.02 Å². The zero-order valence-electron chi connectivity index (χ0n) is 14.0. The van der Waals surface area contributed by atoms with Crippen molar-refractivity contribution in [3.63, 3.8) is 0 Å². The quantitative estimate of drug-likeness (QED) is 0.766. The molecule has 0 aromatic heterocycles. The molecule has 1 aliphatic heterocycles. The Labute approximate surface area is 156 Å². The summed E-state index contributed by atoms with van der Waals surface area (Å²) in [6.07, 6.45) is 1.49. The van der Waals surface area contributed by atoms with E-state index in [9.17, 15) is 9.36 Å². The lowest BCUT2D eigenvalue weighted by Gasteiger charge is -2.27. The average Bonchev–Trinajstić information content (AvgIpc) is 2.80. The maximum atomic E-state index is 13.4. The van der Waals surface area contributed by atoms with Gasteiger partial charge in [-0.3, -0.25) is 9.36 Å². The second-order valence-electron chi connectivity index (χ2n) is 5.89. The second kappa shape index (κ2) is 8.23. The van der Waals surface area contributed by atoms with Gasteiger partial charge in [-0.2, -0.15) is 0 Å². The van der Waals surface area contributed by atoms with Gasteiger partial charge >= 0.3 is 13.5 Å². The van der Waals surface area contributed by atoms with Crippen LogP contribution in [0.5, 0.6) is 11.5 Å². The first-order valence-corrected chi connectivity index (χ1v) is 10.2. The van der Waals surface area contributed by atoms with Crippen LogP contribution in [-0.4, -0.2) is 35.4 Å². The summed E-state index contributed by atoms with van der Waals surface area (Å²) in [4.78, 5) is 11.1. The minimum atomic E-state index is -3.40. The maximum absolute atomic E-state index is 13.4. The van der Waals surface area contributed by atoms with Crippen molar-refractivity contribution in [2.24, 2.45) is 0 Å². The van der Waals surface area contributed by atoms with Crippen LogP contribution < -0.4 is 10.0 Å². The van der Waals surface area contributed by atoms with E-state index in [1.54, 1.807) is 48.5 Å². The van der Waals surface area contributed by atoms with Crippen LogP contribution in [0.3, 0.4) is 0 Å². The van der Waals surface area contributed by atoms with Gasteiger partial charge in [-0.25, -0.2) is 4.67 Å². The summed E-state index contributed by atoms with van der Waals surface area (Å²) in [5.41, 5.74) is 0. The molecule has 0 saturated carbocycles. The number of carboxylic acids is 1. The molecule has 26 heavy (non-hydrogen) atoms. The predicted molar refractivity (Wildman–Crippen MR) is 99.6 cm³/mol. The van der Waals surface area contributed by atoms with Gasteiger partial charge in [0.15, 0.2) is 0 Å². The van der Waals surface area contributed by atoms with Crippen LogP contribution in [0.4, 0.5) is 0 Å². The van der Waals surface area contributed by atoms with E-state index in [1.807, 2.05) is 0 Å². The number of rotatable bonds is 5. The molecule has 3 rings (SSSR count). The lowest BCUT2D eigenvalue weighted by molar-refractivity contribution is -0.137.